The number of H-pyrrole nitrogens is 2. The first kappa shape index (κ1) is 18.2. The Hall–Kier alpha value is -3.87. The van der Waals surface area contributed by atoms with E-state index in [0.29, 0.717) is 30.9 Å². The van der Waals surface area contributed by atoms with Crippen molar-refractivity contribution >= 4 is 45.6 Å². The number of nitrogens with one attached hydrogen (secondary N) is 3. The molecule has 4 heterocycles. The lowest BCUT2D eigenvalue weighted by molar-refractivity contribution is -0.105. The second-order valence-corrected chi connectivity index (χ2v) is 7.61. The Bertz CT molecular complexity index is 1300. The number of rotatable bonds is 4. The van der Waals surface area contributed by atoms with Crippen LogP contribution in [-0.4, -0.2) is 45.3 Å². The molecule has 3 N–H and O–H groups in total. The molecule has 0 fully saturated rings. The van der Waals surface area contributed by atoms with Crippen molar-refractivity contribution in [2.75, 3.05) is 18.4 Å². The Labute approximate surface area is 172 Å². The molecule has 0 saturated carbocycles. The molecule has 5 rings (SSSR count). The highest BCUT2D eigenvalue weighted by atomic mass is 16.2. The number of carbonyl (C=O) groups is 2. The molecule has 150 valence electrons. The second kappa shape index (κ2) is 7.18. The highest BCUT2D eigenvalue weighted by Gasteiger charge is 2.26. The van der Waals surface area contributed by atoms with Gasteiger partial charge in [0.05, 0.1) is 0 Å². The molecule has 1 aliphatic rings. The fraction of sp³-hybridized carbons (Fsp3) is 0.174. The molecule has 0 saturated heterocycles. The van der Waals surface area contributed by atoms with E-state index in [2.05, 4.69) is 33.3 Å². The van der Waals surface area contributed by atoms with Crippen molar-refractivity contribution in [1.82, 2.24) is 19.9 Å². The Morgan fingerprint density at radius 1 is 1.20 bits per heavy atom. The van der Waals surface area contributed by atoms with Gasteiger partial charge in [-0.2, -0.15) is 0 Å². The van der Waals surface area contributed by atoms with Crippen molar-refractivity contribution in [3.63, 3.8) is 0 Å². The summed E-state index contributed by atoms with van der Waals surface area (Å²) in [6, 6.07) is 11.6. The Kier molecular flexibility index (Phi) is 4.35. The van der Waals surface area contributed by atoms with Crippen molar-refractivity contribution in [1.29, 1.82) is 0 Å². The van der Waals surface area contributed by atoms with Gasteiger partial charge in [0.25, 0.3) is 5.91 Å². The lowest BCUT2D eigenvalue weighted by Crippen LogP contribution is -2.38. The number of amides is 2. The first-order valence-electron chi connectivity index (χ1n) is 9.89. The normalized spacial score (nSPS) is 16.6. The topological polar surface area (TPSA) is 93.9 Å². The maximum Gasteiger partial charge on any atom is 0.254 e. The number of hydrogen-bond donors (Lipinski definition) is 3. The number of aromatic amines is 2. The lowest BCUT2D eigenvalue weighted by atomic mass is 9.89. The van der Waals surface area contributed by atoms with Crippen LogP contribution in [0.4, 0.5) is 5.82 Å². The maximum absolute atomic E-state index is 13.1. The summed E-state index contributed by atoms with van der Waals surface area (Å²) in [6.45, 7) is 3.27. The van der Waals surface area contributed by atoms with Crippen LogP contribution in [0.3, 0.4) is 0 Å². The molecule has 1 atom stereocenters. The van der Waals surface area contributed by atoms with Gasteiger partial charge in [0.15, 0.2) is 0 Å². The van der Waals surface area contributed by atoms with Crippen molar-refractivity contribution in [2.24, 2.45) is 5.92 Å². The summed E-state index contributed by atoms with van der Waals surface area (Å²) in [5.41, 5.74) is 4.55. The standard InChI is InChI=1S/C23H21N5O2/c1-14-12-28(23(30)16-3-2-15-4-7-24-20(15)10-16)9-6-17(14)19-11-21(26-13-29)27-22-18(19)5-8-25-22/h2-8,10-11,13-14,24H,9,12H2,1H3,(H2,25,26,27,29). The number of aromatic nitrogens is 3. The number of benzene rings is 1. The molecule has 1 aromatic carbocycles. The molecule has 0 spiro atoms. The zero-order chi connectivity index (χ0) is 20.7. The summed E-state index contributed by atoms with van der Waals surface area (Å²) < 4.78 is 0. The minimum atomic E-state index is 0.0264. The van der Waals surface area contributed by atoms with Gasteiger partial charge in [0.1, 0.15) is 11.5 Å². The lowest BCUT2D eigenvalue weighted by Gasteiger charge is -2.32. The monoisotopic (exact) mass is 399 g/mol. The van der Waals surface area contributed by atoms with Gasteiger partial charge in [-0.1, -0.05) is 19.1 Å². The number of fused-ring (bicyclic) bond motifs is 2. The van der Waals surface area contributed by atoms with Crippen LogP contribution in [0.1, 0.15) is 22.8 Å². The minimum Gasteiger partial charge on any atom is -0.361 e. The van der Waals surface area contributed by atoms with Gasteiger partial charge in [-0.3, -0.25) is 9.59 Å². The Morgan fingerprint density at radius 2 is 2.07 bits per heavy atom. The molecule has 7 nitrogen and oxygen atoms in total. The van der Waals surface area contributed by atoms with Gasteiger partial charge in [-0.15, -0.1) is 0 Å². The van der Waals surface area contributed by atoms with Crippen LogP contribution in [0.5, 0.6) is 0 Å². The molecule has 3 aromatic heterocycles. The fourth-order valence-electron chi connectivity index (χ4n) is 4.23. The number of nitrogens with zero attached hydrogens (tertiary/aromatic N) is 2. The molecule has 0 aliphatic carbocycles. The number of anilines is 1. The van der Waals surface area contributed by atoms with Crippen LogP contribution in [0.15, 0.2) is 54.9 Å². The quantitative estimate of drug-likeness (QED) is 0.456. The van der Waals surface area contributed by atoms with Crippen LogP contribution >= 0.6 is 0 Å². The van der Waals surface area contributed by atoms with Crippen molar-refractivity contribution < 1.29 is 9.59 Å². The predicted molar refractivity (Wildman–Crippen MR) is 117 cm³/mol. The van der Waals surface area contributed by atoms with E-state index in [4.69, 9.17) is 0 Å². The first-order valence-corrected chi connectivity index (χ1v) is 9.89. The minimum absolute atomic E-state index is 0.0264. The van der Waals surface area contributed by atoms with E-state index in [1.807, 2.05) is 53.7 Å². The first-order chi connectivity index (χ1) is 14.6. The van der Waals surface area contributed by atoms with Gasteiger partial charge in [0.2, 0.25) is 6.41 Å². The Morgan fingerprint density at radius 3 is 2.90 bits per heavy atom. The van der Waals surface area contributed by atoms with Gasteiger partial charge >= 0.3 is 0 Å². The van der Waals surface area contributed by atoms with Crippen molar-refractivity contribution in [3.8, 4) is 0 Å². The van der Waals surface area contributed by atoms with Crippen molar-refractivity contribution in [3.05, 3.63) is 66.0 Å². The van der Waals surface area contributed by atoms with Gasteiger partial charge < -0.3 is 20.2 Å². The van der Waals surface area contributed by atoms with Crippen LogP contribution in [0.2, 0.25) is 0 Å². The van der Waals surface area contributed by atoms with Crippen LogP contribution in [-0.2, 0) is 4.79 Å². The fourth-order valence-corrected chi connectivity index (χ4v) is 4.23. The van der Waals surface area contributed by atoms with E-state index < -0.39 is 0 Å². The summed E-state index contributed by atoms with van der Waals surface area (Å²) in [7, 11) is 0. The third kappa shape index (κ3) is 3.04. The number of pyridine rings is 1. The van der Waals surface area contributed by atoms with E-state index >= 15 is 0 Å². The van der Waals surface area contributed by atoms with Crippen LogP contribution < -0.4 is 5.32 Å². The Balaban J connectivity index is 1.46. The zero-order valence-corrected chi connectivity index (χ0v) is 16.5. The molecule has 0 bridgehead atoms. The third-order valence-corrected chi connectivity index (χ3v) is 5.69. The van der Waals surface area contributed by atoms with E-state index in [1.54, 1.807) is 0 Å². The molecule has 30 heavy (non-hydrogen) atoms. The van der Waals surface area contributed by atoms with Gasteiger partial charge in [-0.25, -0.2) is 4.98 Å². The average molecular weight is 399 g/mol. The second-order valence-electron chi connectivity index (χ2n) is 7.61. The largest absolute Gasteiger partial charge is 0.361 e. The SMILES string of the molecule is CC1CN(C(=O)c2ccc3cc[nH]c3c2)CC=C1c1cc(NC=O)nc2[nH]ccc12. The molecular weight excluding hydrogens is 378 g/mol. The maximum atomic E-state index is 13.1. The van der Waals surface area contributed by atoms with E-state index in [9.17, 15) is 9.59 Å². The number of carbonyl (C=O) groups excluding carboxylic acids is 2. The molecule has 7 heteroatoms. The van der Waals surface area contributed by atoms with E-state index in [1.165, 1.54) is 0 Å². The molecule has 1 unspecified atom stereocenters. The summed E-state index contributed by atoms with van der Waals surface area (Å²) in [4.78, 5) is 36.5. The summed E-state index contributed by atoms with van der Waals surface area (Å²) in [5.74, 6) is 0.667. The predicted octanol–water partition coefficient (Wildman–Crippen LogP) is 3.79. The van der Waals surface area contributed by atoms with Crippen LogP contribution in [0, 0.1) is 5.92 Å². The summed E-state index contributed by atoms with van der Waals surface area (Å²) in [5, 5.41) is 4.73. The summed E-state index contributed by atoms with van der Waals surface area (Å²) >= 11 is 0. The molecule has 2 amide bonds. The van der Waals surface area contributed by atoms with E-state index in [-0.39, 0.29) is 11.8 Å². The number of hydrogen-bond acceptors (Lipinski definition) is 3. The highest BCUT2D eigenvalue weighted by Crippen LogP contribution is 2.34. The zero-order valence-electron chi connectivity index (χ0n) is 16.5. The van der Waals surface area contributed by atoms with Gasteiger partial charge in [-0.05, 0) is 52.8 Å². The molecule has 0 radical (unpaired) electrons. The third-order valence-electron chi connectivity index (χ3n) is 5.69. The van der Waals surface area contributed by atoms with Gasteiger partial charge in [0, 0.05) is 41.9 Å². The summed E-state index contributed by atoms with van der Waals surface area (Å²) in [6.07, 6.45) is 6.44. The van der Waals surface area contributed by atoms with Crippen LogP contribution in [0.25, 0.3) is 27.5 Å². The smallest absolute Gasteiger partial charge is 0.254 e. The molecule has 1 aliphatic heterocycles. The van der Waals surface area contributed by atoms with Crippen molar-refractivity contribution in [2.45, 2.75) is 6.92 Å². The highest BCUT2D eigenvalue weighted by molar-refractivity contribution is 5.99. The molecular formula is C23H21N5O2. The average Bonchev–Trinajstić information content (AvgIpc) is 3.41. The molecule has 4 aromatic rings. The van der Waals surface area contributed by atoms with E-state index in [0.717, 1.165) is 33.1 Å².